The molecule has 2 rings (SSSR count). The van der Waals surface area contributed by atoms with Crippen molar-refractivity contribution in [1.29, 1.82) is 0 Å². The Hall–Kier alpha value is -3.25. The summed E-state index contributed by atoms with van der Waals surface area (Å²) in [6.45, 7) is 28.4. The number of Topliss-reactive ketones (excluding diaryl/α,β-unsaturated/α-hetero) is 1. The third-order valence-electron chi connectivity index (χ3n) is 11.0. The van der Waals surface area contributed by atoms with Crippen LogP contribution in [0.4, 0.5) is 4.79 Å². The maximum absolute atomic E-state index is 14.1. The van der Waals surface area contributed by atoms with E-state index in [1.807, 2.05) is 71.9 Å². The molecule has 0 unspecified atom stereocenters. The fourth-order valence-electron chi connectivity index (χ4n) is 6.55. The van der Waals surface area contributed by atoms with Crippen LogP contribution in [0.5, 0.6) is 0 Å². The highest BCUT2D eigenvalue weighted by molar-refractivity contribution is 6.74. The van der Waals surface area contributed by atoms with Crippen LogP contribution in [0, 0.1) is 23.7 Å². The Kier molecular flexibility index (Phi) is 18.1. The SMILES string of the molecule is CC[C@H](C)[C@H](NC(=O)OC(C)(C)C)[C@H](CC(=O)C[C@H](C(=O)N[C@@H](CC(C)C)C(=O)N1CCC[C@H]1C(=O)OCc1ccccc1)C(C)C)O[Si](C)(C)C(C)(C)C. The number of ether oxygens (including phenoxy) is 2. The predicted octanol–water partition coefficient (Wildman–Crippen LogP) is 8.20. The molecular weight excluding hydrogens is 715 g/mol. The number of ketones is 1. The molecule has 1 aromatic carbocycles. The second-order valence-corrected chi connectivity index (χ2v) is 23.5. The molecule has 3 amide bonds. The summed E-state index contributed by atoms with van der Waals surface area (Å²) in [5.41, 5.74) is 0.155. The lowest BCUT2D eigenvalue weighted by molar-refractivity contribution is -0.155. The van der Waals surface area contributed by atoms with E-state index in [4.69, 9.17) is 13.9 Å². The van der Waals surface area contributed by atoms with Gasteiger partial charge in [0.25, 0.3) is 0 Å². The van der Waals surface area contributed by atoms with Crippen molar-refractivity contribution in [1.82, 2.24) is 15.5 Å². The van der Waals surface area contributed by atoms with Crippen LogP contribution in [0.3, 0.4) is 0 Å². The maximum atomic E-state index is 14.1. The van der Waals surface area contributed by atoms with E-state index in [1.165, 1.54) is 0 Å². The van der Waals surface area contributed by atoms with Crippen LogP contribution in [0.15, 0.2) is 30.3 Å². The fourth-order valence-corrected chi connectivity index (χ4v) is 7.89. The van der Waals surface area contributed by atoms with Gasteiger partial charge < -0.3 is 29.4 Å². The van der Waals surface area contributed by atoms with Gasteiger partial charge in [-0.2, -0.15) is 0 Å². The number of esters is 1. The van der Waals surface area contributed by atoms with Crippen molar-refractivity contribution in [3.05, 3.63) is 35.9 Å². The van der Waals surface area contributed by atoms with Crippen molar-refractivity contribution in [2.45, 2.75) is 176 Å². The number of nitrogens with one attached hydrogen (secondary N) is 2. The van der Waals surface area contributed by atoms with E-state index in [2.05, 4.69) is 44.5 Å². The highest BCUT2D eigenvalue weighted by atomic mass is 28.4. The minimum atomic E-state index is -2.44. The second kappa shape index (κ2) is 20.8. The summed E-state index contributed by atoms with van der Waals surface area (Å²) in [5.74, 6) is -2.20. The number of amides is 3. The molecule has 11 nitrogen and oxygen atoms in total. The molecule has 1 aliphatic rings. The Labute approximate surface area is 332 Å². The Morgan fingerprint density at radius 3 is 2.05 bits per heavy atom. The lowest BCUT2D eigenvalue weighted by Gasteiger charge is -2.43. The van der Waals surface area contributed by atoms with E-state index in [-0.39, 0.29) is 59.8 Å². The summed E-state index contributed by atoms with van der Waals surface area (Å²) in [7, 11) is -2.44. The number of carbonyl (C=O) groups excluding carboxylic acids is 5. The van der Waals surface area contributed by atoms with Crippen LogP contribution in [0.25, 0.3) is 0 Å². The van der Waals surface area contributed by atoms with Crippen LogP contribution in [0.2, 0.25) is 18.1 Å². The van der Waals surface area contributed by atoms with Crippen molar-refractivity contribution >= 4 is 38.0 Å². The van der Waals surface area contributed by atoms with Crippen LogP contribution in [-0.4, -0.2) is 79.3 Å². The maximum Gasteiger partial charge on any atom is 0.407 e. The summed E-state index contributed by atoms with van der Waals surface area (Å²) in [5, 5.41) is 5.89. The van der Waals surface area contributed by atoms with Gasteiger partial charge in [0, 0.05) is 25.3 Å². The molecule has 12 heteroatoms. The first kappa shape index (κ1) is 47.9. The number of rotatable bonds is 19. The third kappa shape index (κ3) is 15.3. The normalized spacial score (nSPS) is 18.0. The zero-order valence-electron chi connectivity index (χ0n) is 36.4. The Morgan fingerprint density at radius 2 is 1.53 bits per heavy atom. The van der Waals surface area contributed by atoms with Crippen molar-refractivity contribution in [3.8, 4) is 0 Å². The first-order chi connectivity index (χ1) is 25.4. The van der Waals surface area contributed by atoms with E-state index in [0.29, 0.717) is 25.8 Å². The monoisotopic (exact) mass is 788 g/mol. The molecule has 1 aliphatic heterocycles. The van der Waals surface area contributed by atoms with Crippen molar-refractivity contribution in [2.75, 3.05) is 6.54 Å². The molecule has 0 spiro atoms. The Morgan fingerprint density at radius 1 is 0.909 bits per heavy atom. The van der Waals surface area contributed by atoms with Gasteiger partial charge in [0.1, 0.15) is 30.1 Å². The summed E-state index contributed by atoms with van der Waals surface area (Å²) in [6, 6.07) is 7.29. The third-order valence-corrected chi connectivity index (χ3v) is 15.5. The van der Waals surface area contributed by atoms with Crippen LogP contribution >= 0.6 is 0 Å². The van der Waals surface area contributed by atoms with Gasteiger partial charge in [-0.1, -0.05) is 99.1 Å². The van der Waals surface area contributed by atoms with E-state index in [9.17, 15) is 24.0 Å². The fraction of sp³-hybridized carbons (Fsp3) is 0.744. The summed E-state index contributed by atoms with van der Waals surface area (Å²) < 4.78 is 18.2. The molecule has 1 fully saturated rings. The molecule has 0 aromatic heterocycles. The lowest BCUT2D eigenvalue weighted by atomic mass is 9.86. The minimum absolute atomic E-state index is 0.00270. The Balaban J connectivity index is 2.31. The van der Waals surface area contributed by atoms with Crippen molar-refractivity contribution in [3.63, 3.8) is 0 Å². The van der Waals surface area contributed by atoms with Crippen molar-refractivity contribution < 1.29 is 37.9 Å². The zero-order chi connectivity index (χ0) is 41.9. The molecule has 6 atom stereocenters. The number of hydrogen-bond donors (Lipinski definition) is 2. The lowest BCUT2D eigenvalue weighted by Crippen LogP contribution is -2.55. The minimum Gasteiger partial charge on any atom is -0.459 e. The van der Waals surface area contributed by atoms with E-state index >= 15 is 0 Å². The Bertz CT molecular complexity index is 1420. The number of hydrogen-bond acceptors (Lipinski definition) is 8. The second-order valence-electron chi connectivity index (χ2n) is 18.7. The van der Waals surface area contributed by atoms with Gasteiger partial charge in [-0.15, -0.1) is 0 Å². The molecule has 1 saturated heterocycles. The standard InChI is InChI=1S/C43H73N3O8Si/c1-15-30(6)37(45-41(51)53-42(7,8)9)36(54-55(13,14)43(10,11)12)26-32(47)25-33(29(4)5)38(48)44-34(24-28(2)3)39(49)46-23-19-22-35(46)40(50)52-27-31-20-17-16-18-21-31/h16-18,20-21,28-30,33-37H,15,19,22-27H2,1-14H3,(H,44,48)(H,45,51)/t30-,33-,34-,35-,36-,37-/m0/s1. The highest BCUT2D eigenvalue weighted by Crippen LogP contribution is 2.39. The topological polar surface area (TPSA) is 140 Å². The number of alkyl carbamates (subject to hydrolysis) is 1. The molecule has 2 N–H and O–H groups in total. The molecule has 55 heavy (non-hydrogen) atoms. The van der Waals surface area contributed by atoms with E-state index < -0.39 is 56.1 Å². The summed E-state index contributed by atoms with van der Waals surface area (Å²) in [4.78, 5) is 70.2. The number of benzene rings is 1. The number of carbonyl (C=O) groups is 5. The van der Waals surface area contributed by atoms with Crippen molar-refractivity contribution in [2.24, 2.45) is 23.7 Å². The molecule has 0 radical (unpaired) electrons. The first-order valence-electron chi connectivity index (χ1n) is 20.4. The van der Waals surface area contributed by atoms with Gasteiger partial charge in [-0.05, 0) is 81.5 Å². The van der Waals surface area contributed by atoms with Crippen LogP contribution < -0.4 is 10.6 Å². The summed E-state index contributed by atoms with van der Waals surface area (Å²) >= 11 is 0. The smallest absolute Gasteiger partial charge is 0.407 e. The van der Waals surface area contributed by atoms with E-state index in [0.717, 1.165) is 12.0 Å². The van der Waals surface area contributed by atoms with Crippen LogP contribution in [-0.2, 0) is 39.7 Å². The van der Waals surface area contributed by atoms with Gasteiger partial charge >= 0.3 is 12.1 Å². The molecule has 0 aliphatic carbocycles. The molecule has 1 heterocycles. The highest BCUT2D eigenvalue weighted by Gasteiger charge is 2.44. The van der Waals surface area contributed by atoms with E-state index in [1.54, 1.807) is 25.7 Å². The average Bonchev–Trinajstić information content (AvgIpc) is 3.56. The average molecular weight is 788 g/mol. The molecule has 1 aromatic rings. The largest absolute Gasteiger partial charge is 0.459 e. The van der Waals surface area contributed by atoms with Gasteiger partial charge in [-0.3, -0.25) is 14.4 Å². The number of nitrogens with zero attached hydrogens (tertiary/aromatic N) is 1. The first-order valence-corrected chi connectivity index (χ1v) is 23.3. The van der Waals surface area contributed by atoms with Gasteiger partial charge in [0.15, 0.2) is 8.32 Å². The number of likely N-dealkylation sites (tertiary alicyclic amines) is 1. The van der Waals surface area contributed by atoms with Gasteiger partial charge in [0.2, 0.25) is 11.8 Å². The molecular formula is C43H73N3O8Si. The molecule has 312 valence electrons. The van der Waals surface area contributed by atoms with Gasteiger partial charge in [0.05, 0.1) is 12.1 Å². The predicted molar refractivity (Wildman–Crippen MR) is 220 cm³/mol. The van der Waals surface area contributed by atoms with Crippen LogP contribution in [0.1, 0.15) is 127 Å². The van der Waals surface area contributed by atoms with Gasteiger partial charge in [-0.25, -0.2) is 9.59 Å². The summed E-state index contributed by atoms with van der Waals surface area (Å²) in [6.07, 6.45) is 0.987. The molecule has 0 bridgehead atoms. The quantitative estimate of drug-likeness (QED) is 0.106. The zero-order valence-corrected chi connectivity index (χ0v) is 37.4. The molecule has 0 saturated carbocycles.